The third-order valence-corrected chi connectivity index (χ3v) is 5.83. The van der Waals surface area contributed by atoms with Crippen LogP contribution >= 0.6 is 0 Å². The zero-order valence-corrected chi connectivity index (χ0v) is 20.4. The minimum absolute atomic E-state index is 0.0503. The van der Waals surface area contributed by atoms with Crippen LogP contribution in [0.15, 0.2) is 48.8 Å². The van der Waals surface area contributed by atoms with E-state index in [1.54, 1.807) is 36.7 Å². The van der Waals surface area contributed by atoms with Crippen molar-refractivity contribution < 1.29 is 24.2 Å². The largest absolute Gasteiger partial charge is 0.494 e. The first-order valence-corrected chi connectivity index (χ1v) is 12.4. The number of nitrogens with zero attached hydrogens (tertiary/aromatic N) is 2. The molecule has 194 valence electrons. The van der Waals surface area contributed by atoms with E-state index in [-0.39, 0.29) is 24.7 Å². The standard InChI is InChI=1S/C26H35N5O5/c32-23(12-7-20-5-3-13-27-19-20)30-25(26(35)28-14-17-31-15-1-2-16-31)29-21-8-10-22(11-9-21)36-18-4-6-24(33)34/h3,5,8-11,13,19,25,29H,1-2,4,6-7,12,14-18H2,(H,28,35)(H,30,32)(H,33,34). The Morgan fingerprint density at radius 2 is 1.86 bits per heavy atom. The number of aromatic nitrogens is 1. The maximum atomic E-state index is 12.9. The van der Waals surface area contributed by atoms with Gasteiger partial charge >= 0.3 is 5.97 Å². The van der Waals surface area contributed by atoms with Crippen molar-refractivity contribution in [2.45, 2.75) is 44.7 Å². The number of hydrogen-bond donors (Lipinski definition) is 4. The summed E-state index contributed by atoms with van der Waals surface area (Å²) >= 11 is 0. The molecule has 4 N–H and O–H groups in total. The first kappa shape index (κ1) is 26.9. The van der Waals surface area contributed by atoms with E-state index >= 15 is 0 Å². The average Bonchev–Trinajstić information content (AvgIpc) is 3.40. The highest BCUT2D eigenvalue weighted by Gasteiger charge is 2.21. The summed E-state index contributed by atoms with van der Waals surface area (Å²) in [6.45, 7) is 3.68. The van der Waals surface area contributed by atoms with Crippen molar-refractivity contribution in [2.24, 2.45) is 0 Å². The molecule has 1 aromatic heterocycles. The van der Waals surface area contributed by atoms with Crippen molar-refractivity contribution in [2.75, 3.05) is 38.1 Å². The Morgan fingerprint density at radius 1 is 1.08 bits per heavy atom. The lowest BCUT2D eigenvalue weighted by Gasteiger charge is -2.22. The van der Waals surface area contributed by atoms with Crippen LogP contribution in [0, 0.1) is 0 Å². The fraction of sp³-hybridized carbons (Fsp3) is 0.462. The number of hydrogen-bond acceptors (Lipinski definition) is 7. The number of likely N-dealkylation sites (tertiary alicyclic amines) is 1. The predicted molar refractivity (Wildman–Crippen MR) is 136 cm³/mol. The molecule has 0 spiro atoms. The number of ether oxygens (including phenoxy) is 1. The summed E-state index contributed by atoms with van der Waals surface area (Å²) in [7, 11) is 0. The van der Waals surface area contributed by atoms with Gasteiger partial charge in [0, 0.05) is 44.0 Å². The zero-order chi connectivity index (χ0) is 25.6. The number of pyridine rings is 1. The van der Waals surface area contributed by atoms with Gasteiger partial charge in [-0.1, -0.05) is 6.07 Å². The fourth-order valence-electron chi connectivity index (χ4n) is 3.88. The fourth-order valence-corrected chi connectivity index (χ4v) is 3.88. The second kappa shape index (κ2) is 14.7. The number of aliphatic carboxylic acids is 1. The summed E-state index contributed by atoms with van der Waals surface area (Å²) in [4.78, 5) is 42.5. The number of rotatable bonds is 15. The Hall–Kier alpha value is -3.66. The van der Waals surface area contributed by atoms with E-state index in [2.05, 4.69) is 25.8 Å². The Labute approximate surface area is 211 Å². The molecule has 0 radical (unpaired) electrons. The molecule has 3 rings (SSSR count). The summed E-state index contributed by atoms with van der Waals surface area (Å²) in [5, 5.41) is 17.5. The SMILES string of the molecule is O=C(O)CCCOc1ccc(NC(NC(=O)CCc2cccnc2)C(=O)NCCN2CCCC2)cc1. The van der Waals surface area contributed by atoms with Crippen LogP contribution < -0.4 is 20.7 Å². The molecule has 0 aliphatic carbocycles. The molecule has 2 aromatic rings. The molecule has 1 aliphatic rings. The van der Waals surface area contributed by atoms with Crippen LogP contribution in [0.3, 0.4) is 0 Å². The monoisotopic (exact) mass is 497 g/mol. The quantitative estimate of drug-likeness (QED) is 0.217. The van der Waals surface area contributed by atoms with Crippen molar-refractivity contribution in [1.29, 1.82) is 0 Å². The Morgan fingerprint density at radius 3 is 2.56 bits per heavy atom. The maximum Gasteiger partial charge on any atom is 0.303 e. The molecular weight excluding hydrogens is 462 g/mol. The van der Waals surface area contributed by atoms with E-state index in [0.717, 1.165) is 25.2 Å². The molecule has 2 heterocycles. The molecule has 2 amide bonds. The van der Waals surface area contributed by atoms with Gasteiger partial charge in [0.2, 0.25) is 5.91 Å². The topological polar surface area (TPSA) is 133 Å². The predicted octanol–water partition coefficient (Wildman–Crippen LogP) is 2.02. The molecule has 1 fully saturated rings. The number of anilines is 1. The van der Waals surface area contributed by atoms with Gasteiger partial charge in [-0.25, -0.2) is 0 Å². The molecule has 0 bridgehead atoms. The van der Waals surface area contributed by atoms with Gasteiger partial charge in [-0.2, -0.15) is 0 Å². The van der Waals surface area contributed by atoms with Crippen molar-refractivity contribution in [3.05, 3.63) is 54.4 Å². The van der Waals surface area contributed by atoms with E-state index in [9.17, 15) is 14.4 Å². The highest BCUT2D eigenvalue weighted by atomic mass is 16.5. The number of carbonyl (C=O) groups is 3. The number of benzene rings is 1. The lowest BCUT2D eigenvalue weighted by Crippen LogP contribution is -2.52. The van der Waals surface area contributed by atoms with Gasteiger partial charge in [0.1, 0.15) is 5.75 Å². The average molecular weight is 498 g/mol. The second-order valence-electron chi connectivity index (χ2n) is 8.72. The third-order valence-electron chi connectivity index (χ3n) is 5.83. The molecule has 1 unspecified atom stereocenters. The van der Waals surface area contributed by atoms with Crippen LogP contribution in [0.4, 0.5) is 5.69 Å². The molecule has 1 aromatic carbocycles. The van der Waals surface area contributed by atoms with Gasteiger partial charge in [-0.15, -0.1) is 0 Å². The van der Waals surface area contributed by atoms with Crippen molar-refractivity contribution in [1.82, 2.24) is 20.5 Å². The highest BCUT2D eigenvalue weighted by Crippen LogP contribution is 2.17. The summed E-state index contributed by atoms with van der Waals surface area (Å²) in [5.74, 6) is -0.814. The van der Waals surface area contributed by atoms with Gasteiger partial charge < -0.3 is 30.7 Å². The number of amides is 2. The second-order valence-corrected chi connectivity index (χ2v) is 8.72. The molecule has 1 saturated heterocycles. The lowest BCUT2D eigenvalue weighted by atomic mass is 10.1. The number of nitrogens with one attached hydrogen (secondary N) is 3. The molecule has 10 heteroatoms. The maximum absolute atomic E-state index is 12.9. The van der Waals surface area contributed by atoms with E-state index in [4.69, 9.17) is 9.84 Å². The Kier molecular flexibility index (Phi) is 11.0. The van der Waals surface area contributed by atoms with Crippen LogP contribution in [-0.2, 0) is 20.8 Å². The third kappa shape index (κ3) is 9.91. The van der Waals surface area contributed by atoms with Crippen molar-refractivity contribution in [3.63, 3.8) is 0 Å². The molecule has 0 saturated carbocycles. The van der Waals surface area contributed by atoms with E-state index < -0.39 is 12.1 Å². The first-order valence-electron chi connectivity index (χ1n) is 12.4. The Balaban J connectivity index is 1.54. The number of aryl methyl sites for hydroxylation is 1. The van der Waals surface area contributed by atoms with Crippen LogP contribution in [-0.4, -0.2) is 71.7 Å². The Bertz CT molecular complexity index is 964. The van der Waals surface area contributed by atoms with Crippen LogP contribution in [0.5, 0.6) is 5.75 Å². The number of carboxylic acids is 1. The summed E-state index contributed by atoms with van der Waals surface area (Å²) in [6.07, 6.45) is 6.06. The summed E-state index contributed by atoms with van der Waals surface area (Å²) in [6, 6.07) is 10.7. The molecule has 10 nitrogen and oxygen atoms in total. The van der Waals surface area contributed by atoms with Crippen LogP contribution in [0.2, 0.25) is 0 Å². The lowest BCUT2D eigenvalue weighted by molar-refractivity contribution is -0.137. The number of carbonyl (C=O) groups excluding carboxylic acids is 2. The first-order chi connectivity index (χ1) is 17.5. The zero-order valence-electron chi connectivity index (χ0n) is 20.4. The minimum Gasteiger partial charge on any atom is -0.494 e. The highest BCUT2D eigenvalue weighted by molar-refractivity contribution is 5.89. The van der Waals surface area contributed by atoms with Gasteiger partial charge in [0.25, 0.3) is 5.91 Å². The van der Waals surface area contributed by atoms with Crippen molar-refractivity contribution >= 4 is 23.5 Å². The smallest absolute Gasteiger partial charge is 0.303 e. The van der Waals surface area contributed by atoms with E-state index in [1.165, 1.54) is 12.8 Å². The molecule has 36 heavy (non-hydrogen) atoms. The molecule has 1 aliphatic heterocycles. The van der Waals surface area contributed by atoms with Crippen LogP contribution in [0.25, 0.3) is 0 Å². The number of carboxylic acid groups (broad SMARTS) is 1. The molecular formula is C26H35N5O5. The van der Waals surface area contributed by atoms with Gasteiger partial charge in [0.15, 0.2) is 6.17 Å². The van der Waals surface area contributed by atoms with Crippen molar-refractivity contribution in [3.8, 4) is 5.75 Å². The minimum atomic E-state index is -0.938. The summed E-state index contributed by atoms with van der Waals surface area (Å²) < 4.78 is 5.55. The molecule has 1 atom stereocenters. The van der Waals surface area contributed by atoms with E-state index in [0.29, 0.717) is 37.4 Å². The summed E-state index contributed by atoms with van der Waals surface area (Å²) in [5.41, 5.74) is 1.59. The van der Waals surface area contributed by atoms with E-state index in [1.807, 2.05) is 12.1 Å². The van der Waals surface area contributed by atoms with Gasteiger partial charge in [0.05, 0.1) is 6.61 Å². The van der Waals surface area contributed by atoms with Gasteiger partial charge in [-0.3, -0.25) is 19.4 Å². The normalized spacial score (nSPS) is 14.1. The van der Waals surface area contributed by atoms with Crippen LogP contribution in [0.1, 0.15) is 37.7 Å². The van der Waals surface area contributed by atoms with Gasteiger partial charge in [-0.05, 0) is 74.7 Å².